The first-order valence-corrected chi connectivity index (χ1v) is 8.15. The van der Waals surface area contributed by atoms with Crippen molar-refractivity contribution in [1.82, 2.24) is 15.5 Å². The molecule has 0 spiro atoms. The van der Waals surface area contributed by atoms with Gasteiger partial charge in [-0.2, -0.15) is 0 Å². The molecule has 5 aliphatic rings. The van der Waals surface area contributed by atoms with E-state index in [4.69, 9.17) is 4.74 Å². The minimum atomic E-state index is 0.200. The summed E-state index contributed by atoms with van der Waals surface area (Å²) < 4.78 is 5.73. The predicted octanol–water partition coefficient (Wildman–Crippen LogP) is -0.179. The molecule has 0 aromatic carbocycles. The largest absolute Gasteiger partial charge is 0.367 e. The topological polar surface area (TPSA) is 53.6 Å². The average molecular weight is 279 g/mol. The van der Waals surface area contributed by atoms with E-state index in [0.29, 0.717) is 12.0 Å². The van der Waals surface area contributed by atoms with Crippen LogP contribution in [0.15, 0.2) is 0 Å². The molecule has 5 heteroatoms. The molecule has 112 valence electrons. The third-order valence-electron chi connectivity index (χ3n) is 5.84. The van der Waals surface area contributed by atoms with E-state index in [1.54, 1.807) is 0 Å². The van der Waals surface area contributed by atoms with Crippen molar-refractivity contribution < 1.29 is 9.53 Å². The first-order chi connectivity index (χ1) is 9.81. The highest BCUT2D eigenvalue weighted by molar-refractivity contribution is 5.77. The third-order valence-corrected chi connectivity index (χ3v) is 5.84. The maximum atomic E-state index is 12.3. The van der Waals surface area contributed by atoms with E-state index in [0.717, 1.165) is 51.0 Å². The summed E-state index contributed by atoms with van der Waals surface area (Å²) in [5.41, 5.74) is 0. The summed E-state index contributed by atoms with van der Waals surface area (Å²) >= 11 is 0. The van der Waals surface area contributed by atoms with Gasteiger partial charge in [0.25, 0.3) is 0 Å². The Morgan fingerprint density at radius 2 is 2.05 bits per heavy atom. The van der Waals surface area contributed by atoms with Crippen LogP contribution in [-0.4, -0.2) is 62.3 Å². The first kappa shape index (κ1) is 13.0. The third kappa shape index (κ3) is 2.26. The molecule has 1 saturated carbocycles. The molecule has 2 bridgehead atoms. The van der Waals surface area contributed by atoms with Crippen molar-refractivity contribution in [1.29, 1.82) is 0 Å². The molecule has 0 aromatic rings. The summed E-state index contributed by atoms with van der Waals surface area (Å²) in [5.74, 6) is 2.43. The number of ether oxygens (including phenoxy) is 1. The zero-order valence-electron chi connectivity index (χ0n) is 12.0. The molecule has 2 N–H and O–H groups in total. The van der Waals surface area contributed by atoms with Crippen LogP contribution in [0, 0.1) is 17.8 Å². The quantitative estimate of drug-likeness (QED) is 0.753. The maximum absolute atomic E-state index is 12.3. The zero-order valence-corrected chi connectivity index (χ0v) is 12.0. The number of carbonyl (C=O) groups is 1. The molecule has 4 heterocycles. The monoisotopic (exact) mass is 279 g/mol. The summed E-state index contributed by atoms with van der Waals surface area (Å²) in [5, 5.41) is 6.92. The van der Waals surface area contributed by atoms with E-state index in [-0.39, 0.29) is 18.6 Å². The first-order valence-electron chi connectivity index (χ1n) is 8.15. The van der Waals surface area contributed by atoms with Crippen LogP contribution >= 0.6 is 0 Å². The number of nitrogens with zero attached hydrogens (tertiary/aromatic N) is 1. The van der Waals surface area contributed by atoms with Crippen molar-refractivity contribution in [2.75, 3.05) is 39.3 Å². The minimum Gasteiger partial charge on any atom is -0.367 e. The number of likely N-dealkylation sites (tertiary alicyclic amines) is 1. The number of carbonyl (C=O) groups excluding carboxylic acids is 1. The fourth-order valence-corrected chi connectivity index (χ4v) is 4.66. The molecule has 5 atom stereocenters. The molecule has 0 radical (unpaired) electrons. The number of amides is 1. The number of piperidine rings is 2. The molecule has 4 unspecified atom stereocenters. The van der Waals surface area contributed by atoms with Gasteiger partial charge in [-0.25, -0.2) is 0 Å². The molecule has 5 fully saturated rings. The zero-order chi connectivity index (χ0) is 13.5. The Bertz CT molecular complexity index is 355. The van der Waals surface area contributed by atoms with Crippen LogP contribution in [0.25, 0.3) is 0 Å². The van der Waals surface area contributed by atoms with E-state index < -0.39 is 0 Å². The second-order valence-corrected chi connectivity index (χ2v) is 6.90. The van der Waals surface area contributed by atoms with E-state index in [1.165, 1.54) is 12.8 Å². The highest BCUT2D eigenvalue weighted by atomic mass is 16.5. The van der Waals surface area contributed by atoms with Crippen LogP contribution in [0.4, 0.5) is 0 Å². The highest BCUT2D eigenvalue weighted by Gasteiger charge is 2.49. The summed E-state index contributed by atoms with van der Waals surface area (Å²) in [4.78, 5) is 14.4. The number of nitrogens with one attached hydrogen (secondary N) is 2. The van der Waals surface area contributed by atoms with Gasteiger partial charge in [0.1, 0.15) is 6.61 Å². The molecular formula is C15H25N3O2. The normalized spacial score (nSPS) is 43.0. The Kier molecular flexibility index (Phi) is 3.44. The smallest absolute Gasteiger partial charge is 0.248 e. The number of rotatable bonds is 3. The number of fused-ring (bicyclic) bond motifs is 2. The van der Waals surface area contributed by atoms with Crippen LogP contribution in [-0.2, 0) is 9.53 Å². The molecular weight excluding hydrogens is 254 g/mol. The molecule has 5 nitrogen and oxygen atoms in total. The minimum absolute atomic E-state index is 0.200. The van der Waals surface area contributed by atoms with E-state index in [9.17, 15) is 4.79 Å². The Labute approximate surface area is 120 Å². The lowest BCUT2D eigenvalue weighted by molar-refractivity contribution is -0.137. The summed E-state index contributed by atoms with van der Waals surface area (Å²) in [6.07, 6.45) is 3.93. The van der Waals surface area contributed by atoms with Crippen molar-refractivity contribution in [3.63, 3.8) is 0 Å². The van der Waals surface area contributed by atoms with Crippen molar-refractivity contribution in [2.24, 2.45) is 17.8 Å². The molecule has 0 aromatic heterocycles. The van der Waals surface area contributed by atoms with Crippen molar-refractivity contribution in [3.05, 3.63) is 0 Å². The van der Waals surface area contributed by atoms with Gasteiger partial charge in [-0.15, -0.1) is 0 Å². The van der Waals surface area contributed by atoms with Gasteiger partial charge in [0.05, 0.1) is 6.10 Å². The molecule has 1 aliphatic carbocycles. The van der Waals surface area contributed by atoms with Gasteiger partial charge in [-0.3, -0.25) is 4.79 Å². The molecule has 20 heavy (non-hydrogen) atoms. The van der Waals surface area contributed by atoms with Gasteiger partial charge >= 0.3 is 0 Å². The van der Waals surface area contributed by atoms with Gasteiger partial charge in [-0.1, -0.05) is 0 Å². The van der Waals surface area contributed by atoms with Gasteiger partial charge in [0, 0.05) is 25.7 Å². The SMILES string of the molecule is O=C(CO[C@@H]1CCNC1)N1CC2C3CCC(NC3)C2C1. The molecule has 4 saturated heterocycles. The van der Waals surface area contributed by atoms with Crippen molar-refractivity contribution >= 4 is 5.91 Å². The van der Waals surface area contributed by atoms with Gasteiger partial charge < -0.3 is 20.3 Å². The predicted molar refractivity (Wildman–Crippen MR) is 75.3 cm³/mol. The van der Waals surface area contributed by atoms with E-state index in [2.05, 4.69) is 15.5 Å². The molecule has 1 amide bonds. The van der Waals surface area contributed by atoms with Crippen LogP contribution in [0.5, 0.6) is 0 Å². The van der Waals surface area contributed by atoms with Gasteiger partial charge in [0.2, 0.25) is 5.91 Å². The second-order valence-electron chi connectivity index (χ2n) is 6.90. The lowest BCUT2D eigenvalue weighted by Gasteiger charge is -2.45. The maximum Gasteiger partial charge on any atom is 0.248 e. The number of hydrogen-bond donors (Lipinski definition) is 2. The Morgan fingerprint density at radius 3 is 2.75 bits per heavy atom. The number of hydrogen-bond acceptors (Lipinski definition) is 4. The van der Waals surface area contributed by atoms with Crippen molar-refractivity contribution in [2.45, 2.75) is 31.4 Å². The second kappa shape index (κ2) is 5.28. The Morgan fingerprint density at radius 1 is 1.15 bits per heavy atom. The fourth-order valence-electron chi connectivity index (χ4n) is 4.66. The van der Waals surface area contributed by atoms with Crippen LogP contribution in [0.1, 0.15) is 19.3 Å². The summed E-state index contributed by atoms with van der Waals surface area (Å²) in [7, 11) is 0. The van der Waals surface area contributed by atoms with Crippen LogP contribution in [0.2, 0.25) is 0 Å². The van der Waals surface area contributed by atoms with Crippen LogP contribution < -0.4 is 10.6 Å². The Hall–Kier alpha value is -0.650. The highest BCUT2D eigenvalue weighted by Crippen LogP contribution is 2.43. The van der Waals surface area contributed by atoms with Gasteiger partial charge in [-0.05, 0) is 50.1 Å². The Balaban J connectivity index is 1.32. The van der Waals surface area contributed by atoms with Gasteiger partial charge in [0.15, 0.2) is 0 Å². The lowest BCUT2D eigenvalue weighted by atomic mass is 9.68. The average Bonchev–Trinajstić information content (AvgIpc) is 3.16. The fraction of sp³-hybridized carbons (Fsp3) is 0.933. The molecule has 4 aliphatic heterocycles. The lowest BCUT2D eigenvalue weighted by Crippen LogP contribution is -2.54. The summed E-state index contributed by atoms with van der Waals surface area (Å²) in [6.45, 7) is 5.27. The molecule has 5 rings (SSSR count). The van der Waals surface area contributed by atoms with Crippen LogP contribution in [0.3, 0.4) is 0 Å². The van der Waals surface area contributed by atoms with E-state index >= 15 is 0 Å². The summed E-state index contributed by atoms with van der Waals surface area (Å²) in [6, 6.07) is 0.655. The standard InChI is InChI=1S/C15H25N3O2/c19-15(9-20-11-3-4-16-6-11)18-7-12-10-1-2-14(17-5-10)13(12)8-18/h10-14,16-17H,1-9H2/t10?,11-,12?,13?,14?/m1/s1. The van der Waals surface area contributed by atoms with Crippen molar-refractivity contribution in [3.8, 4) is 0 Å². The van der Waals surface area contributed by atoms with E-state index in [1.807, 2.05) is 0 Å².